The van der Waals surface area contributed by atoms with Gasteiger partial charge in [0.05, 0.1) is 28.3 Å². The maximum atomic E-state index is 13.5. The number of nitrogens with one attached hydrogen (secondary N) is 2. The van der Waals surface area contributed by atoms with Crippen molar-refractivity contribution >= 4 is 81.6 Å². The standard InChI is InChI=1S/C69H66N6O2S/c1-11-74-67(76)54(68(77)75(12-2)69(74)78)17-15-13-14-16-53-40-61-64(51-30-22-47(23-31-51)43(7)8)59-37-36-57(71-59)62(49-26-18-45(19-27-49)41(3)4)55-34-35-56(70-55)63(50-28-20-46(21-29-50)42(5)6)58-38-39-60(72-58)65(66(53)73-61)52-32-24-48(25-33-52)44(9)10/h15-44,70,73H,11-12H2,1-10H3. The molecule has 3 aliphatic heterocycles. The van der Waals surface area contributed by atoms with Gasteiger partial charge in [-0.2, -0.15) is 0 Å². The highest BCUT2D eigenvalue weighted by molar-refractivity contribution is 7.80. The Morgan fingerprint density at radius 3 is 1.22 bits per heavy atom. The van der Waals surface area contributed by atoms with Gasteiger partial charge in [-0.15, -0.1) is 0 Å². The number of carbonyl (C=O) groups is 2. The first kappa shape index (κ1) is 53.0. The van der Waals surface area contributed by atoms with Crippen molar-refractivity contribution in [1.29, 1.82) is 0 Å². The summed E-state index contributed by atoms with van der Waals surface area (Å²) >= 11 is 5.51. The summed E-state index contributed by atoms with van der Waals surface area (Å²) in [6, 6.07) is 41.8. The van der Waals surface area contributed by atoms with Crippen molar-refractivity contribution in [3.63, 3.8) is 0 Å². The van der Waals surface area contributed by atoms with E-state index in [4.69, 9.17) is 22.2 Å². The fourth-order valence-electron chi connectivity index (χ4n) is 10.5. The normalized spacial score (nSPS) is 13.4. The molecule has 10 rings (SSSR count). The number of carbonyl (C=O) groups excluding carboxylic acids is 2. The summed E-state index contributed by atoms with van der Waals surface area (Å²) in [6.45, 7) is 22.1. The number of thiocarbonyl (C=S) groups is 1. The lowest BCUT2D eigenvalue weighted by molar-refractivity contribution is -0.133. The number of amides is 2. The van der Waals surface area contributed by atoms with Gasteiger partial charge in [0.2, 0.25) is 0 Å². The molecule has 2 amide bonds. The minimum atomic E-state index is -0.427. The smallest absolute Gasteiger partial charge is 0.265 e. The monoisotopic (exact) mass is 1040 g/mol. The van der Waals surface area contributed by atoms with Crippen LogP contribution in [0, 0.1) is 0 Å². The summed E-state index contributed by atoms with van der Waals surface area (Å²) in [6.07, 6.45) is 13.5. The second kappa shape index (κ2) is 22.3. The summed E-state index contributed by atoms with van der Waals surface area (Å²) in [4.78, 5) is 49.0. The van der Waals surface area contributed by atoms with E-state index in [1.54, 1.807) is 6.08 Å². The number of aromatic amines is 2. The van der Waals surface area contributed by atoms with Gasteiger partial charge in [0.15, 0.2) is 5.11 Å². The molecular weight excluding hydrogens is 977 g/mol. The minimum absolute atomic E-state index is 0.0218. The molecule has 0 saturated carbocycles. The van der Waals surface area contributed by atoms with Gasteiger partial charge in [-0.25, -0.2) is 9.97 Å². The van der Waals surface area contributed by atoms with Gasteiger partial charge in [0, 0.05) is 57.5 Å². The Labute approximate surface area is 464 Å². The number of allylic oxidation sites excluding steroid dienone is 2. The van der Waals surface area contributed by atoms with Crippen molar-refractivity contribution < 1.29 is 9.59 Å². The van der Waals surface area contributed by atoms with Crippen LogP contribution in [0.25, 0.3) is 97.0 Å². The van der Waals surface area contributed by atoms with E-state index in [0.717, 1.165) is 94.9 Å². The number of hydrogen-bond donors (Lipinski definition) is 2. The quantitative estimate of drug-likeness (QED) is 0.0550. The molecule has 0 radical (unpaired) electrons. The predicted octanol–water partition coefficient (Wildman–Crippen LogP) is 17.1. The van der Waals surface area contributed by atoms with Crippen LogP contribution in [0.3, 0.4) is 0 Å². The van der Waals surface area contributed by atoms with E-state index < -0.39 is 11.8 Å². The van der Waals surface area contributed by atoms with E-state index in [1.807, 2.05) is 19.9 Å². The molecule has 0 aliphatic carbocycles. The van der Waals surface area contributed by atoms with Gasteiger partial charge >= 0.3 is 0 Å². The third-order valence-corrected chi connectivity index (χ3v) is 15.5. The molecule has 8 bridgehead atoms. The summed E-state index contributed by atoms with van der Waals surface area (Å²) in [5.41, 5.74) is 26.9. The van der Waals surface area contributed by atoms with Crippen LogP contribution in [0.4, 0.5) is 0 Å². The predicted molar refractivity (Wildman–Crippen MR) is 328 cm³/mol. The number of aromatic nitrogens is 4. The van der Waals surface area contributed by atoms with Gasteiger partial charge in [0.1, 0.15) is 5.57 Å². The zero-order valence-electron chi connectivity index (χ0n) is 46.2. The molecule has 4 aromatic carbocycles. The van der Waals surface area contributed by atoms with Crippen LogP contribution in [0.5, 0.6) is 0 Å². The molecule has 6 heterocycles. The van der Waals surface area contributed by atoms with Gasteiger partial charge in [-0.1, -0.05) is 164 Å². The van der Waals surface area contributed by atoms with Crippen molar-refractivity contribution in [2.24, 2.45) is 0 Å². The van der Waals surface area contributed by atoms with Crippen molar-refractivity contribution in [3.05, 3.63) is 195 Å². The Balaban J connectivity index is 1.34. The molecule has 3 aliphatic rings. The maximum absolute atomic E-state index is 13.5. The van der Waals surface area contributed by atoms with Crippen LogP contribution >= 0.6 is 12.2 Å². The number of rotatable bonds is 12. The molecule has 0 atom stereocenters. The Kier molecular flexibility index (Phi) is 15.1. The third-order valence-electron chi connectivity index (χ3n) is 15.1. The average molecular weight is 1040 g/mol. The molecule has 9 heteroatoms. The highest BCUT2D eigenvalue weighted by Crippen LogP contribution is 2.41. The Hall–Kier alpha value is -8.45. The lowest BCUT2D eigenvalue weighted by Gasteiger charge is -2.35. The maximum Gasteiger partial charge on any atom is 0.265 e. The molecule has 2 N–H and O–H groups in total. The third kappa shape index (κ3) is 10.3. The molecule has 1 saturated heterocycles. The molecule has 0 unspecified atom stereocenters. The van der Waals surface area contributed by atoms with Crippen LogP contribution in [0.2, 0.25) is 0 Å². The van der Waals surface area contributed by atoms with E-state index in [9.17, 15) is 9.59 Å². The van der Waals surface area contributed by atoms with Crippen LogP contribution < -0.4 is 0 Å². The highest BCUT2D eigenvalue weighted by atomic mass is 32.1. The molecule has 7 aromatic rings. The van der Waals surface area contributed by atoms with Gasteiger partial charge in [-0.05, 0) is 155 Å². The molecule has 1 fully saturated rings. The van der Waals surface area contributed by atoms with Gasteiger partial charge in [-0.3, -0.25) is 19.4 Å². The van der Waals surface area contributed by atoms with E-state index >= 15 is 0 Å². The lowest BCUT2D eigenvalue weighted by Crippen LogP contribution is -2.55. The average Bonchev–Trinajstić information content (AvgIpc) is 4.45. The highest BCUT2D eigenvalue weighted by Gasteiger charge is 2.37. The molecule has 78 heavy (non-hydrogen) atoms. The summed E-state index contributed by atoms with van der Waals surface area (Å²) in [5.74, 6) is 0.582. The molecule has 8 nitrogen and oxygen atoms in total. The van der Waals surface area contributed by atoms with Crippen molar-refractivity contribution in [3.8, 4) is 44.5 Å². The van der Waals surface area contributed by atoms with Crippen LogP contribution in [0.1, 0.15) is 144 Å². The van der Waals surface area contributed by atoms with Crippen molar-refractivity contribution in [2.75, 3.05) is 13.1 Å². The number of H-pyrrole nitrogens is 2. The number of likely N-dealkylation sites (N-methyl/N-ethyl adjacent to an activating group) is 2. The second-order valence-corrected chi connectivity index (χ2v) is 21.8. The molecule has 3 aromatic heterocycles. The van der Waals surface area contributed by atoms with E-state index in [2.05, 4.69) is 216 Å². The van der Waals surface area contributed by atoms with Crippen LogP contribution in [0.15, 0.2) is 144 Å². The fraction of sp³-hybridized carbons (Fsp3) is 0.232. The minimum Gasteiger partial charge on any atom is -0.354 e. The summed E-state index contributed by atoms with van der Waals surface area (Å²) < 4.78 is 0. The molecular formula is C69H66N6O2S. The topological polar surface area (TPSA) is 98.0 Å². The second-order valence-electron chi connectivity index (χ2n) is 21.4. The number of fused-ring (bicyclic) bond motifs is 8. The summed E-state index contributed by atoms with van der Waals surface area (Å²) in [5, 5.41) is 0.218. The van der Waals surface area contributed by atoms with E-state index in [0.29, 0.717) is 36.8 Å². The lowest BCUT2D eigenvalue weighted by atomic mass is 9.97. The fourth-order valence-corrected chi connectivity index (χ4v) is 10.9. The van der Waals surface area contributed by atoms with Crippen molar-refractivity contribution in [2.45, 2.75) is 92.9 Å². The first-order chi connectivity index (χ1) is 37.6. The number of nitrogens with zero attached hydrogens (tertiary/aromatic N) is 4. The number of benzene rings is 4. The Morgan fingerprint density at radius 2 is 0.846 bits per heavy atom. The molecule has 0 spiro atoms. The van der Waals surface area contributed by atoms with E-state index in [-0.39, 0.29) is 10.7 Å². The van der Waals surface area contributed by atoms with Gasteiger partial charge in [0.25, 0.3) is 11.8 Å². The summed E-state index contributed by atoms with van der Waals surface area (Å²) in [7, 11) is 0. The first-order valence-corrected chi connectivity index (χ1v) is 27.7. The number of hydrogen-bond acceptors (Lipinski definition) is 5. The van der Waals surface area contributed by atoms with Crippen LogP contribution in [-0.2, 0) is 9.59 Å². The Morgan fingerprint density at radius 1 is 0.487 bits per heavy atom. The van der Waals surface area contributed by atoms with Crippen LogP contribution in [-0.4, -0.2) is 59.8 Å². The van der Waals surface area contributed by atoms with Crippen molar-refractivity contribution in [1.82, 2.24) is 29.7 Å². The first-order valence-electron chi connectivity index (χ1n) is 27.3. The van der Waals surface area contributed by atoms with E-state index in [1.165, 1.54) is 38.1 Å². The van der Waals surface area contributed by atoms with Gasteiger partial charge < -0.3 is 9.97 Å². The zero-order valence-corrected chi connectivity index (χ0v) is 47.1. The largest absolute Gasteiger partial charge is 0.354 e. The zero-order chi connectivity index (χ0) is 54.9. The Bertz CT molecular complexity index is 3860. The molecule has 390 valence electrons. The SMILES string of the molecule is CCN1C(=O)C(=CC=C=C=Cc2cc3[nH]c2c(-c2ccc(C(C)C)cc2)c2nc(c(-c4ccc(C(C)C)cc4)c4ccc([nH]4)c(-c4ccc(C(C)C)cc4)c4nc(c3-c3ccc(C(C)C)cc3)C=C4)C=C2)C(=O)N(CC)C1=S.